The van der Waals surface area contributed by atoms with Crippen molar-refractivity contribution in [1.29, 1.82) is 0 Å². The number of hydrogen-bond donors (Lipinski definition) is 1. The molecule has 0 aliphatic carbocycles. The summed E-state index contributed by atoms with van der Waals surface area (Å²) in [5.74, 6) is 0.783. The first-order valence-electron chi connectivity index (χ1n) is 8.16. The van der Waals surface area contributed by atoms with Gasteiger partial charge in [-0.2, -0.15) is 0 Å². The summed E-state index contributed by atoms with van der Waals surface area (Å²) in [5.41, 5.74) is 1.16. The van der Waals surface area contributed by atoms with E-state index in [-0.39, 0.29) is 6.10 Å². The third-order valence-electron chi connectivity index (χ3n) is 4.03. The van der Waals surface area contributed by atoms with Gasteiger partial charge < -0.3 is 14.6 Å². The zero-order chi connectivity index (χ0) is 16.8. The molecule has 0 spiro atoms. The zero-order valence-corrected chi connectivity index (χ0v) is 15.1. The number of rotatable bonds is 6. The van der Waals surface area contributed by atoms with E-state index in [1.807, 2.05) is 42.5 Å². The monoisotopic (exact) mass is 391 g/mol. The topological polar surface area (TPSA) is 41.9 Å². The highest BCUT2D eigenvalue weighted by Gasteiger charge is 2.23. The van der Waals surface area contributed by atoms with Gasteiger partial charge in [-0.1, -0.05) is 46.3 Å². The molecule has 1 aliphatic heterocycles. The summed E-state index contributed by atoms with van der Waals surface area (Å²) in [6.45, 7) is 3.15. The Bertz CT molecular complexity index is 638. The molecule has 2 aromatic carbocycles. The fourth-order valence-electron chi connectivity index (χ4n) is 2.84. The van der Waals surface area contributed by atoms with Crippen LogP contribution in [0.2, 0.25) is 0 Å². The number of aliphatic hydroxyl groups excluding tert-OH is 1. The normalized spacial score (nSPS) is 19.8. The van der Waals surface area contributed by atoms with Gasteiger partial charge in [0.1, 0.15) is 18.5 Å². The van der Waals surface area contributed by atoms with E-state index in [9.17, 15) is 5.11 Å². The minimum Gasteiger partial charge on any atom is -0.491 e. The largest absolute Gasteiger partial charge is 0.491 e. The Morgan fingerprint density at radius 1 is 1.21 bits per heavy atom. The predicted molar refractivity (Wildman–Crippen MR) is 97.2 cm³/mol. The Morgan fingerprint density at radius 2 is 2.04 bits per heavy atom. The van der Waals surface area contributed by atoms with Crippen LogP contribution in [-0.2, 0) is 4.74 Å². The van der Waals surface area contributed by atoms with Gasteiger partial charge in [-0.05, 0) is 29.8 Å². The number of β-amino-alcohol motifs (C(OH)–C–C–N with tert-alkyl or cyclic N) is 1. The molecule has 0 bridgehead atoms. The van der Waals surface area contributed by atoms with Crippen LogP contribution in [0.5, 0.6) is 5.75 Å². The molecule has 1 aliphatic rings. The molecule has 3 rings (SSSR count). The van der Waals surface area contributed by atoms with Crippen LogP contribution >= 0.6 is 15.9 Å². The first-order valence-corrected chi connectivity index (χ1v) is 8.95. The summed E-state index contributed by atoms with van der Waals surface area (Å²) < 4.78 is 12.6. The van der Waals surface area contributed by atoms with Crippen LogP contribution in [0.3, 0.4) is 0 Å². The molecule has 0 aromatic heterocycles. The van der Waals surface area contributed by atoms with Crippen molar-refractivity contribution in [3.05, 3.63) is 64.6 Å². The maximum atomic E-state index is 10.2. The van der Waals surface area contributed by atoms with Crippen molar-refractivity contribution >= 4 is 15.9 Å². The number of benzene rings is 2. The van der Waals surface area contributed by atoms with E-state index >= 15 is 0 Å². The quantitative estimate of drug-likeness (QED) is 0.820. The first-order chi connectivity index (χ1) is 11.7. The van der Waals surface area contributed by atoms with Crippen molar-refractivity contribution in [2.45, 2.75) is 12.2 Å². The maximum absolute atomic E-state index is 10.2. The molecule has 2 atom stereocenters. The Balaban J connectivity index is 1.49. The number of aliphatic hydroxyl groups is 1. The molecule has 1 N–H and O–H groups in total. The Morgan fingerprint density at radius 3 is 2.83 bits per heavy atom. The smallest absolute Gasteiger partial charge is 0.119 e. The fraction of sp³-hybridized carbons (Fsp3) is 0.368. The summed E-state index contributed by atoms with van der Waals surface area (Å²) in [6, 6.07) is 17.8. The molecule has 0 amide bonds. The molecule has 128 valence electrons. The highest BCUT2D eigenvalue weighted by atomic mass is 79.9. The Labute approximate surface area is 151 Å². The fourth-order valence-corrected chi connectivity index (χ4v) is 3.25. The maximum Gasteiger partial charge on any atom is 0.119 e. The standard InChI is InChI=1S/C19H22BrNO3/c20-16-6-4-5-15(11-16)19-13-21(9-10-23-19)12-17(22)14-24-18-7-2-1-3-8-18/h1-8,11,17,19,22H,9-10,12-14H2. The van der Waals surface area contributed by atoms with Gasteiger partial charge in [0.15, 0.2) is 0 Å². The molecule has 1 saturated heterocycles. The molecule has 5 heteroatoms. The predicted octanol–water partition coefficient (Wildman–Crippen LogP) is 3.26. The Hall–Kier alpha value is -1.40. The molecule has 4 nitrogen and oxygen atoms in total. The second-order valence-electron chi connectivity index (χ2n) is 5.95. The van der Waals surface area contributed by atoms with Crippen molar-refractivity contribution in [2.75, 3.05) is 32.8 Å². The van der Waals surface area contributed by atoms with Gasteiger partial charge in [0.05, 0.1) is 12.7 Å². The number of para-hydroxylation sites is 1. The van der Waals surface area contributed by atoms with E-state index in [4.69, 9.17) is 9.47 Å². The summed E-state index contributed by atoms with van der Waals surface area (Å²) in [6.07, 6.45) is -0.482. The van der Waals surface area contributed by atoms with Gasteiger partial charge >= 0.3 is 0 Å². The van der Waals surface area contributed by atoms with Crippen molar-refractivity contribution in [3.63, 3.8) is 0 Å². The minimum atomic E-state index is -0.522. The van der Waals surface area contributed by atoms with Crippen molar-refractivity contribution in [3.8, 4) is 5.75 Å². The molecule has 0 radical (unpaired) electrons. The van der Waals surface area contributed by atoms with Crippen LogP contribution in [0.25, 0.3) is 0 Å². The van der Waals surface area contributed by atoms with Gasteiger partial charge in [0.25, 0.3) is 0 Å². The highest BCUT2D eigenvalue weighted by Crippen LogP contribution is 2.24. The van der Waals surface area contributed by atoms with Gasteiger partial charge in [0.2, 0.25) is 0 Å². The van der Waals surface area contributed by atoms with Gasteiger partial charge in [-0.3, -0.25) is 4.90 Å². The van der Waals surface area contributed by atoms with Crippen molar-refractivity contribution < 1.29 is 14.6 Å². The lowest BCUT2D eigenvalue weighted by atomic mass is 10.1. The van der Waals surface area contributed by atoms with E-state index in [2.05, 4.69) is 33.0 Å². The van der Waals surface area contributed by atoms with Crippen molar-refractivity contribution in [1.82, 2.24) is 4.90 Å². The van der Waals surface area contributed by atoms with Crippen molar-refractivity contribution in [2.24, 2.45) is 0 Å². The lowest BCUT2D eigenvalue weighted by Gasteiger charge is -2.34. The Kier molecular flexibility index (Phi) is 6.26. The number of ether oxygens (including phenoxy) is 2. The zero-order valence-electron chi connectivity index (χ0n) is 13.5. The lowest BCUT2D eigenvalue weighted by Crippen LogP contribution is -2.43. The SMILES string of the molecule is OC(COc1ccccc1)CN1CCOC(c2cccc(Br)c2)C1. The van der Waals surface area contributed by atoms with Crippen LogP contribution in [-0.4, -0.2) is 49.0 Å². The first kappa shape index (κ1) is 17.4. The van der Waals surface area contributed by atoms with Crippen LogP contribution < -0.4 is 4.74 Å². The molecule has 1 heterocycles. The second kappa shape index (κ2) is 8.62. The van der Waals surface area contributed by atoms with Gasteiger partial charge in [-0.25, -0.2) is 0 Å². The molecular weight excluding hydrogens is 370 g/mol. The van der Waals surface area contributed by atoms with E-state index in [1.54, 1.807) is 0 Å². The van der Waals surface area contributed by atoms with E-state index < -0.39 is 6.10 Å². The number of morpholine rings is 1. The average Bonchev–Trinajstić information content (AvgIpc) is 2.61. The van der Waals surface area contributed by atoms with Crippen LogP contribution in [0.1, 0.15) is 11.7 Å². The number of nitrogens with zero attached hydrogens (tertiary/aromatic N) is 1. The summed E-state index contributed by atoms with van der Waals surface area (Å²) >= 11 is 3.50. The van der Waals surface area contributed by atoms with E-state index in [1.165, 1.54) is 0 Å². The van der Waals surface area contributed by atoms with Crippen LogP contribution in [0, 0.1) is 0 Å². The summed E-state index contributed by atoms with van der Waals surface area (Å²) in [4.78, 5) is 2.23. The van der Waals surface area contributed by atoms with E-state index in [0.717, 1.165) is 28.9 Å². The molecular formula is C19H22BrNO3. The third-order valence-corrected chi connectivity index (χ3v) is 4.52. The lowest BCUT2D eigenvalue weighted by molar-refractivity contribution is -0.0459. The minimum absolute atomic E-state index is 0.0403. The molecule has 0 saturated carbocycles. The molecule has 2 unspecified atom stereocenters. The molecule has 1 fully saturated rings. The number of hydrogen-bond acceptors (Lipinski definition) is 4. The molecule has 24 heavy (non-hydrogen) atoms. The third kappa shape index (κ3) is 5.05. The summed E-state index contributed by atoms with van der Waals surface area (Å²) in [7, 11) is 0. The highest BCUT2D eigenvalue weighted by molar-refractivity contribution is 9.10. The van der Waals surface area contributed by atoms with Gasteiger partial charge in [0, 0.05) is 24.1 Å². The average molecular weight is 392 g/mol. The van der Waals surface area contributed by atoms with E-state index in [0.29, 0.717) is 19.8 Å². The summed E-state index contributed by atoms with van der Waals surface area (Å²) in [5, 5.41) is 10.2. The second-order valence-corrected chi connectivity index (χ2v) is 6.87. The van der Waals surface area contributed by atoms with Crippen LogP contribution in [0.15, 0.2) is 59.1 Å². The molecule has 2 aromatic rings. The number of halogens is 1. The van der Waals surface area contributed by atoms with Gasteiger partial charge in [-0.15, -0.1) is 0 Å². The van der Waals surface area contributed by atoms with Crippen LogP contribution in [0.4, 0.5) is 0 Å².